The lowest BCUT2D eigenvalue weighted by Gasteiger charge is -2.26. The third-order valence-electron chi connectivity index (χ3n) is 3.20. The van der Waals surface area contributed by atoms with Gasteiger partial charge in [0.1, 0.15) is 0 Å². The van der Waals surface area contributed by atoms with Crippen LogP contribution in [0.3, 0.4) is 0 Å². The van der Waals surface area contributed by atoms with Gasteiger partial charge in [-0.05, 0) is 12.8 Å². The number of nitrogens with zero attached hydrogens (tertiary/aromatic N) is 1. The minimum absolute atomic E-state index is 0.0235. The van der Waals surface area contributed by atoms with E-state index in [0.29, 0.717) is 25.6 Å². The number of carbonyl (C=O) groups is 1. The maximum atomic E-state index is 12.0. The lowest BCUT2D eigenvalue weighted by atomic mass is 9.98. The summed E-state index contributed by atoms with van der Waals surface area (Å²) in [6.07, 6.45) is 4.64. The highest BCUT2D eigenvalue weighted by atomic mass is 16.5. The third kappa shape index (κ3) is 2.62. The van der Waals surface area contributed by atoms with Crippen LogP contribution in [0.25, 0.3) is 0 Å². The van der Waals surface area contributed by atoms with Gasteiger partial charge in [-0.1, -0.05) is 6.08 Å². The fraction of sp³-hybridized carbons (Fsp3) is 0.750. The average molecular weight is 225 g/mol. The van der Waals surface area contributed by atoms with Crippen LogP contribution in [0.2, 0.25) is 0 Å². The van der Waals surface area contributed by atoms with Crippen LogP contribution in [0, 0.1) is 0 Å². The predicted molar refractivity (Wildman–Crippen MR) is 59.9 cm³/mol. The van der Waals surface area contributed by atoms with E-state index in [4.69, 9.17) is 4.74 Å². The Labute approximate surface area is 95.9 Å². The number of hydrogen-bond donors (Lipinski definition) is 1. The SMILES string of the molecule is C=CCN(C(=O)CC1(O)CCOC1)C1CC1. The molecule has 1 atom stereocenters. The van der Waals surface area contributed by atoms with E-state index in [9.17, 15) is 9.90 Å². The lowest BCUT2D eigenvalue weighted by Crippen LogP contribution is -2.41. The molecule has 4 nitrogen and oxygen atoms in total. The number of ether oxygens (including phenoxy) is 1. The molecule has 90 valence electrons. The third-order valence-corrected chi connectivity index (χ3v) is 3.20. The van der Waals surface area contributed by atoms with Crippen LogP contribution in [0.4, 0.5) is 0 Å². The summed E-state index contributed by atoms with van der Waals surface area (Å²) in [6, 6.07) is 0.372. The fourth-order valence-electron chi connectivity index (χ4n) is 2.10. The molecule has 1 heterocycles. The summed E-state index contributed by atoms with van der Waals surface area (Å²) in [4.78, 5) is 13.9. The van der Waals surface area contributed by atoms with Crippen LogP contribution in [-0.2, 0) is 9.53 Å². The Hall–Kier alpha value is -0.870. The van der Waals surface area contributed by atoms with E-state index in [0.717, 1.165) is 12.8 Å². The topological polar surface area (TPSA) is 49.8 Å². The van der Waals surface area contributed by atoms with E-state index in [1.807, 2.05) is 4.90 Å². The minimum atomic E-state index is -0.939. The van der Waals surface area contributed by atoms with Gasteiger partial charge in [0.05, 0.1) is 18.6 Å². The first-order valence-electron chi connectivity index (χ1n) is 5.85. The Morgan fingerprint density at radius 2 is 2.38 bits per heavy atom. The summed E-state index contributed by atoms with van der Waals surface area (Å²) in [6.45, 7) is 5.08. The first-order valence-corrected chi connectivity index (χ1v) is 5.85. The van der Waals surface area contributed by atoms with Gasteiger partial charge in [0.2, 0.25) is 5.91 Å². The van der Waals surface area contributed by atoms with Gasteiger partial charge in [-0.3, -0.25) is 4.79 Å². The molecule has 0 bridgehead atoms. The molecule has 1 unspecified atom stereocenters. The maximum absolute atomic E-state index is 12.0. The predicted octanol–water partition coefficient (Wildman–Crippen LogP) is 0.705. The second kappa shape index (κ2) is 4.55. The molecule has 1 aliphatic heterocycles. The summed E-state index contributed by atoms with van der Waals surface area (Å²) in [7, 11) is 0. The van der Waals surface area contributed by atoms with E-state index in [1.165, 1.54) is 0 Å². The molecule has 0 radical (unpaired) electrons. The largest absolute Gasteiger partial charge is 0.387 e. The normalized spacial score (nSPS) is 29.1. The highest BCUT2D eigenvalue weighted by Crippen LogP contribution is 2.30. The lowest BCUT2D eigenvalue weighted by molar-refractivity contribution is -0.136. The first kappa shape index (κ1) is 11.6. The molecular weight excluding hydrogens is 206 g/mol. The van der Waals surface area contributed by atoms with Crippen molar-refractivity contribution in [2.24, 2.45) is 0 Å². The molecule has 4 heteroatoms. The van der Waals surface area contributed by atoms with Crippen molar-refractivity contribution in [3.05, 3.63) is 12.7 Å². The second-order valence-corrected chi connectivity index (χ2v) is 4.77. The number of aliphatic hydroxyl groups is 1. The molecule has 1 aliphatic carbocycles. The number of amides is 1. The second-order valence-electron chi connectivity index (χ2n) is 4.77. The highest BCUT2D eigenvalue weighted by Gasteiger charge is 2.39. The molecular formula is C12H19NO3. The Kier molecular flexibility index (Phi) is 3.30. The Balaban J connectivity index is 1.91. The van der Waals surface area contributed by atoms with Crippen LogP contribution in [0.5, 0.6) is 0 Å². The summed E-state index contributed by atoms with van der Waals surface area (Å²) in [5.41, 5.74) is -0.939. The number of rotatable bonds is 5. The van der Waals surface area contributed by atoms with Gasteiger partial charge in [0, 0.05) is 25.6 Å². The van der Waals surface area contributed by atoms with Crippen molar-refractivity contribution in [3.63, 3.8) is 0 Å². The smallest absolute Gasteiger partial charge is 0.226 e. The van der Waals surface area contributed by atoms with Crippen molar-refractivity contribution >= 4 is 5.91 Å². The number of hydrogen-bond acceptors (Lipinski definition) is 3. The molecule has 16 heavy (non-hydrogen) atoms. The summed E-state index contributed by atoms with van der Waals surface area (Å²) >= 11 is 0. The minimum Gasteiger partial charge on any atom is -0.387 e. The summed E-state index contributed by atoms with van der Waals surface area (Å²) < 4.78 is 5.14. The molecule has 2 aliphatic rings. The van der Waals surface area contributed by atoms with Gasteiger partial charge in [-0.25, -0.2) is 0 Å². The van der Waals surface area contributed by atoms with E-state index in [1.54, 1.807) is 6.08 Å². The Morgan fingerprint density at radius 1 is 1.62 bits per heavy atom. The van der Waals surface area contributed by atoms with E-state index >= 15 is 0 Å². The molecule has 1 saturated carbocycles. The molecule has 0 spiro atoms. The van der Waals surface area contributed by atoms with Crippen molar-refractivity contribution in [1.29, 1.82) is 0 Å². The van der Waals surface area contributed by atoms with Gasteiger partial charge in [-0.15, -0.1) is 6.58 Å². The van der Waals surface area contributed by atoms with Crippen LogP contribution in [0.1, 0.15) is 25.7 Å². The fourth-order valence-corrected chi connectivity index (χ4v) is 2.10. The van der Waals surface area contributed by atoms with Crippen LogP contribution in [0.15, 0.2) is 12.7 Å². The molecule has 0 aromatic rings. The van der Waals surface area contributed by atoms with Crippen LogP contribution in [-0.4, -0.2) is 47.3 Å². The van der Waals surface area contributed by atoms with Gasteiger partial charge in [0.25, 0.3) is 0 Å². The molecule has 0 aromatic heterocycles. The molecule has 0 aromatic carbocycles. The van der Waals surface area contributed by atoms with Gasteiger partial charge < -0.3 is 14.7 Å². The average Bonchev–Trinajstić information content (AvgIpc) is 2.98. The van der Waals surface area contributed by atoms with Crippen molar-refractivity contribution in [3.8, 4) is 0 Å². The zero-order valence-electron chi connectivity index (χ0n) is 9.52. The number of carbonyl (C=O) groups excluding carboxylic acids is 1. The Morgan fingerprint density at radius 3 is 2.88 bits per heavy atom. The molecule has 2 rings (SSSR count). The van der Waals surface area contributed by atoms with Crippen LogP contribution >= 0.6 is 0 Å². The van der Waals surface area contributed by atoms with Gasteiger partial charge >= 0.3 is 0 Å². The van der Waals surface area contributed by atoms with E-state index in [-0.39, 0.29) is 18.9 Å². The molecule has 2 fully saturated rings. The van der Waals surface area contributed by atoms with Gasteiger partial charge in [0.15, 0.2) is 0 Å². The van der Waals surface area contributed by atoms with Gasteiger partial charge in [-0.2, -0.15) is 0 Å². The summed E-state index contributed by atoms with van der Waals surface area (Å²) in [5.74, 6) is 0.0235. The summed E-state index contributed by atoms with van der Waals surface area (Å²) in [5, 5.41) is 10.1. The van der Waals surface area contributed by atoms with E-state index < -0.39 is 5.60 Å². The first-order chi connectivity index (χ1) is 7.64. The molecule has 1 N–H and O–H groups in total. The van der Waals surface area contributed by atoms with E-state index in [2.05, 4.69) is 6.58 Å². The molecule has 1 saturated heterocycles. The Bertz CT molecular complexity index is 280. The highest BCUT2D eigenvalue weighted by molar-refractivity contribution is 5.78. The van der Waals surface area contributed by atoms with Crippen molar-refractivity contribution < 1.29 is 14.6 Å². The van der Waals surface area contributed by atoms with Crippen molar-refractivity contribution in [1.82, 2.24) is 4.90 Å². The maximum Gasteiger partial charge on any atom is 0.226 e. The zero-order chi connectivity index (χ0) is 11.6. The van der Waals surface area contributed by atoms with Crippen LogP contribution < -0.4 is 0 Å². The van der Waals surface area contributed by atoms with Crippen molar-refractivity contribution in [2.75, 3.05) is 19.8 Å². The standard InChI is InChI=1S/C12H19NO3/c1-2-6-13(10-3-4-10)11(14)8-12(15)5-7-16-9-12/h2,10,15H,1,3-9H2. The molecule has 1 amide bonds. The monoisotopic (exact) mass is 225 g/mol. The zero-order valence-corrected chi connectivity index (χ0v) is 9.52. The van der Waals surface area contributed by atoms with Crippen molar-refractivity contribution in [2.45, 2.75) is 37.3 Å². The quantitative estimate of drug-likeness (QED) is 0.701.